The Bertz CT molecular complexity index is 516. The number of nitrogens with two attached hydrogens (primary N) is 1. The molecule has 0 spiro atoms. The first-order chi connectivity index (χ1) is 7.78. The van der Waals surface area contributed by atoms with Crippen molar-refractivity contribution in [2.24, 2.45) is 5.73 Å². The molecule has 0 saturated heterocycles. The first kappa shape index (κ1) is 9.81. The van der Waals surface area contributed by atoms with E-state index in [1.54, 1.807) is 0 Å². The minimum absolute atomic E-state index is 0.245. The number of aliphatic hydroxyl groups is 1. The second kappa shape index (κ2) is 3.57. The Morgan fingerprint density at radius 2 is 2.31 bits per heavy atom. The van der Waals surface area contributed by atoms with Crippen LogP contribution in [0.4, 0.5) is 0 Å². The van der Waals surface area contributed by atoms with Crippen LogP contribution in [0.5, 0.6) is 0 Å². The lowest BCUT2D eigenvalue weighted by Crippen LogP contribution is -2.11. The number of hydrogen-bond donors (Lipinski definition) is 3. The third-order valence-electron chi connectivity index (χ3n) is 3.10. The Morgan fingerprint density at radius 1 is 1.50 bits per heavy atom. The van der Waals surface area contributed by atoms with Crippen molar-refractivity contribution < 1.29 is 5.11 Å². The molecule has 3 rings (SSSR count). The average molecular weight is 217 g/mol. The zero-order chi connectivity index (χ0) is 11.1. The molecule has 0 radical (unpaired) electrons. The maximum absolute atomic E-state index is 9.66. The summed E-state index contributed by atoms with van der Waals surface area (Å²) in [7, 11) is 0. The lowest BCUT2D eigenvalue weighted by atomic mass is 10.1. The Balaban J connectivity index is 2.02. The summed E-state index contributed by atoms with van der Waals surface area (Å²) in [6, 6.07) is 5.76. The van der Waals surface area contributed by atoms with Crippen molar-refractivity contribution in [3.63, 3.8) is 0 Å². The molecular weight excluding hydrogens is 202 g/mol. The molecule has 4 nitrogen and oxygen atoms in total. The molecule has 1 heterocycles. The summed E-state index contributed by atoms with van der Waals surface area (Å²) in [5.41, 5.74) is 8.24. The SMILES string of the molecule is NCC(O)c1ccc2nc(C3CC3)[nH]c2c1. The van der Waals surface area contributed by atoms with E-state index in [0.29, 0.717) is 5.92 Å². The third-order valence-corrected chi connectivity index (χ3v) is 3.10. The second-order valence-electron chi connectivity index (χ2n) is 4.42. The first-order valence-electron chi connectivity index (χ1n) is 5.65. The topological polar surface area (TPSA) is 74.9 Å². The molecule has 84 valence electrons. The van der Waals surface area contributed by atoms with E-state index in [9.17, 15) is 5.11 Å². The summed E-state index contributed by atoms with van der Waals surface area (Å²) in [5, 5.41) is 9.66. The molecule has 0 aliphatic heterocycles. The molecule has 1 fully saturated rings. The minimum Gasteiger partial charge on any atom is -0.387 e. The lowest BCUT2D eigenvalue weighted by molar-refractivity contribution is 0.187. The van der Waals surface area contributed by atoms with Gasteiger partial charge in [-0.2, -0.15) is 0 Å². The number of imidazole rings is 1. The standard InChI is InChI=1S/C12H15N3O/c13-6-11(16)8-3-4-9-10(5-8)15-12(14-9)7-1-2-7/h3-5,7,11,16H,1-2,6,13H2,(H,14,15). The van der Waals surface area contributed by atoms with Gasteiger partial charge in [-0.05, 0) is 30.5 Å². The summed E-state index contributed by atoms with van der Waals surface area (Å²) in [4.78, 5) is 7.85. The molecule has 0 bridgehead atoms. The quantitative estimate of drug-likeness (QED) is 0.728. The van der Waals surface area contributed by atoms with Crippen LogP contribution in [0.1, 0.15) is 36.3 Å². The highest BCUT2D eigenvalue weighted by Crippen LogP contribution is 2.39. The van der Waals surface area contributed by atoms with Gasteiger partial charge in [-0.15, -0.1) is 0 Å². The van der Waals surface area contributed by atoms with E-state index >= 15 is 0 Å². The normalized spacial score (nSPS) is 17.9. The molecule has 16 heavy (non-hydrogen) atoms. The van der Waals surface area contributed by atoms with Crippen LogP contribution in [0.2, 0.25) is 0 Å². The largest absolute Gasteiger partial charge is 0.387 e. The van der Waals surface area contributed by atoms with Gasteiger partial charge in [0.25, 0.3) is 0 Å². The van der Waals surface area contributed by atoms with Crippen molar-refractivity contribution >= 4 is 11.0 Å². The van der Waals surface area contributed by atoms with E-state index in [1.807, 2.05) is 18.2 Å². The van der Waals surface area contributed by atoms with E-state index in [2.05, 4.69) is 9.97 Å². The van der Waals surface area contributed by atoms with Gasteiger partial charge in [0.1, 0.15) is 5.82 Å². The molecule has 0 amide bonds. The van der Waals surface area contributed by atoms with Crippen LogP contribution in [0, 0.1) is 0 Å². The summed E-state index contributed by atoms with van der Waals surface area (Å²) in [6.45, 7) is 0.245. The third kappa shape index (κ3) is 1.60. The number of H-pyrrole nitrogens is 1. The minimum atomic E-state index is -0.586. The monoisotopic (exact) mass is 217 g/mol. The molecule has 1 atom stereocenters. The number of fused-ring (bicyclic) bond motifs is 1. The number of aromatic amines is 1. The van der Waals surface area contributed by atoms with Crippen molar-refractivity contribution in [1.29, 1.82) is 0 Å². The fraction of sp³-hybridized carbons (Fsp3) is 0.417. The Morgan fingerprint density at radius 3 is 3.00 bits per heavy atom. The maximum atomic E-state index is 9.66. The van der Waals surface area contributed by atoms with Gasteiger partial charge in [-0.3, -0.25) is 0 Å². The molecule has 1 aromatic heterocycles. The van der Waals surface area contributed by atoms with Crippen molar-refractivity contribution in [3.05, 3.63) is 29.6 Å². The summed E-state index contributed by atoms with van der Waals surface area (Å²) < 4.78 is 0. The molecule has 1 aliphatic rings. The van der Waals surface area contributed by atoms with E-state index < -0.39 is 6.10 Å². The number of benzene rings is 1. The zero-order valence-electron chi connectivity index (χ0n) is 8.98. The zero-order valence-corrected chi connectivity index (χ0v) is 8.98. The van der Waals surface area contributed by atoms with Crippen LogP contribution in [-0.4, -0.2) is 21.6 Å². The predicted molar refractivity (Wildman–Crippen MR) is 62.1 cm³/mol. The van der Waals surface area contributed by atoms with Crippen LogP contribution < -0.4 is 5.73 Å². The fourth-order valence-electron chi connectivity index (χ4n) is 1.94. The Labute approximate surface area is 93.5 Å². The molecule has 4 N–H and O–H groups in total. The first-order valence-corrected chi connectivity index (χ1v) is 5.65. The molecule has 4 heteroatoms. The van der Waals surface area contributed by atoms with Crippen LogP contribution >= 0.6 is 0 Å². The van der Waals surface area contributed by atoms with Crippen molar-refractivity contribution in [2.75, 3.05) is 6.54 Å². The summed E-state index contributed by atoms with van der Waals surface area (Å²) in [6.07, 6.45) is 1.88. The summed E-state index contributed by atoms with van der Waals surface area (Å²) in [5.74, 6) is 1.70. The number of aromatic nitrogens is 2. The van der Waals surface area contributed by atoms with E-state index in [0.717, 1.165) is 22.4 Å². The molecular formula is C12H15N3O. The molecule has 1 saturated carbocycles. The molecule has 2 aromatic rings. The fourth-order valence-corrected chi connectivity index (χ4v) is 1.94. The highest BCUT2D eigenvalue weighted by molar-refractivity contribution is 5.76. The van der Waals surface area contributed by atoms with Crippen LogP contribution in [0.25, 0.3) is 11.0 Å². The van der Waals surface area contributed by atoms with Crippen molar-refractivity contribution in [1.82, 2.24) is 9.97 Å². The lowest BCUT2D eigenvalue weighted by Gasteiger charge is -2.06. The predicted octanol–water partition coefficient (Wildman–Crippen LogP) is 1.43. The second-order valence-corrected chi connectivity index (χ2v) is 4.42. The van der Waals surface area contributed by atoms with Gasteiger partial charge >= 0.3 is 0 Å². The molecule has 1 aliphatic carbocycles. The Hall–Kier alpha value is -1.39. The van der Waals surface area contributed by atoms with Gasteiger partial charge in [0.05, 0.1) is 17.1 Å². The number of hydrogen-bond acceptors (Lipinski definition) is 3. The van der Waals surface area contributed by atoms with E-state index in [4.69, 9.17) is 5.73 Å². The van der Waals surface area contributed by atoms with E-state index in [1.165, 1.54) is 12.8 Å². The van der Waals surface area contributed by atoms with Gasteiger partial charge in [-0.25, -0.2) is 4.98 Å². The van der Waals surface area contributed by atoms with Gasteiger partial charge in [0, 0.05) is 12.5 Å². The van der Waals surface area contributed by atoms with Crippen molar-refractivity contribution in [2.45, 2.75) is 24.9 Å². The highest BCUT2D eigenvalue weighted by Gasteiger charge is 2.26. The van der Waals surface area contributed by atoms with Gasteiger partial charge in [-0.1, -0.05) is 6.07 Å². The Kier molecular flexibility index (Phi) is 2.19. The van der Waals surface area contributed by atoms with Gasteiger partial charge in [0.15, 0.2) is 0 Å². The average Bonchev–Trinajstić information content (AvgIpc) is 3.07. The summed E-state index contributed by atoms with van der Waals surface area (Å²) >= 11 is 0. The number of nitrogens with zero attached hydrogens (tertiary/aromatic N) is 1. The van der Waals surface area contributed by atoms with Crippen LogP contribution in [0.15, 0.2) is 18.2 Å². The van der Waals surface area contributed by atoms with Crippen molar-refractivity contribution in [3.8, 4) is 0 Å². The van der Waals surface area contributed by atoms with Crippen LogP contribution in [0.3, 0.4) is 0 Å². The maximum Gasteiger partial charge on any atom is 0.110 e. The molecule has 1 unspecified atom stereocenters. The number of aliphatic hydroxyl groups excluding tert-OH is 1. The van der Waals surface area contributed by atoms with Gasteiger partial charge in [0.2, 0.25) is 0 Å². The number of nitrogens with one attached hydrogen (secondary N) is 1. The van der Waals surface area contributed by atoms with E-state index in [-0.39, 0.29) is 6.54 Å². The highest BCUT2D eigenvalue weighted by atomic mass is 16.3. The van der Waals surface area contributed by atoms with Gasteiger partial charge < -0.3 is 15.8 Å². The molecule has 1 aromatic carbocycles. The number of rotatable bonds is 3. The smallest absolute Gasteiger partial charge is 0.110 e. The van der Waals surface area contributed by atoms with Crippen LogP contribution in [-0.2, 0) is 0 Å².